The predicted octanol–water partition coefficient (Wildman–Crippen LogP) is 6.89. The summed E-state index contributed by atoms with van der Waals surface area (Å²) in [6, 6.07) is 21.4. The zero-order chi connectivity index (χ0) is 31.6. The Bertz CT molecular complexity index is 1430. The summed E-state index contributed by atoms with van der Waals surface area (Å²) >= 11 is 0. The van der Waals surface area contributed by atoms with Crippen molar-refractivity contribution in [3.05, 3.63) is 115 Å². The molecule has 1 N–H and O–H groups in total. The minimum absolute atomic E-state index is 0.00502. The van der Waals surface area contributed by atoms with Gasteiger partial charge in [0.05, 0.1) is 0 Å². The molecule has 0 saturated carbocycles. The molecule has 3 aromatic heterocycles. The molecule has 0 fully saturated rings. The topological polar surface area (TPSA) is 40.7 Å². The van der Waals surface area contributed by atoms with Crippen LogP contribution in [0.1, 0.15) is 95.1 Å². The van der Waals surface area contributed by atoms with Crippen molar-refractivity contribution in [2.75, 3.05) is 6.54 Å². The number of carbonyl (C=O) groups is 1. The van der Waals surface area contributed by atoms with Crippen LogP contribution in [0.5, 0.6) is 0 Å². The van der Waals surface area contributed by atoms with Gasteiger partial charge in [-0.2, -0.15) is 0 Å². The Hall–Kier alpha value is -3.86. The molecular weight excluding hydrogens is 540 g/mol. The van der Waals surface area contributed by atoms with E-state index in [1.165, 1.54) is 47.9 Å². The van der Waals surface area contributed by atoms with E-state index >= 15 is 0 Å². The lowest BCUT2D eigenvalue weighted by Gasteiger charge is -2.26. The van der Waals surface area contributed by atoms with Crippen LogP contribution in [0, 0.1) is 0 Å². The van der Waals surface area contributed by atoms with Gasteiger partial charge in [-0.1, -0.05) is 53.7 Å². The van der Waals surface area contributed by atoms with Gasteiger partial charge in [0.25, 0.3) is 5.91 Å². The zero-order valence-corrected chi connectivity index (χ0v) is 27.9. The summed E-state index contributed by atoms with van der Waals surface area (Å²) in [5.41, 5.74) is 5.57. The minimum Gasteiger partial charge on any atom is -0.352 e. The van der Waals surface area contributed by atoms with Gasteiger partial charge in [0.1, 0.15) is 19.6 Å². The summed E-state index contributed by atoms with van der Waals surface area (Å²) in [5, 5.41) is 3.14. The Labute approximate surface area is 265 Å². The van der Waals surface area contributed by atoms with E-state index < -0.39 is 0 Å². The van der Waals surface area contributed by atoms with Crippen LogP contribution in [0.2, 0.25) is 0 Å². The fourth-order valence-electron chi connectivity index (χ4n) is 5.31. The third-order valence-corrected chi connectivity index (χ3v) is 8.28. The molecule has 1 amide bonds. The number of pyridine rings is 3. The van der Waals surface area contributed by atoms with E-state index in [9.17, 15) is 4.79 Å². The monoisotopic (exact) mass is 593 g/mol. The Morgan fingerprint density at radius 1 is 0.568 bits per heavy atom. The molecule has 0 bridgehead atoms. The smallest absolute Gasteiger partial charge is 0.251 e. The van der Waals surface area contributed by atoms with E-state index in [-0.39, 0.29) is 16.7 Å². The van der Waals surface area contributed by atoms with Crippen molar-refractivity contribution in [3.8, 4) is 11.1 Å². The minimum atomic E-state index is -0.0117. The van der Waals surface area contributed by atoms with Crippen LogP contribution >= 0.6 is 0 Å². The molecule has 5 nitrogen and oxygen atoms in total. The fourth-order valence-corrected chi connectivity index (χ4v) is 5.31. The first-order valence-electron chi connectivity index (χ1n) is 16.4. The molecule has 0 aliphatic rings. The summed E-state index contributed by atoms with van der Waals surface area (Å²) in [4.78, 5) is 13.1. The zero-order valence-electron chi connectivity index (χ0n) is 27.9. The third kappa shape index (κ3) is 10.1. The van der Waals surface area contributed by atoms with E-state index in [2.05, 4.69) is 158 Å². The number of amides is 1. The molecule has 0 spiro atoms. The van der Waals surface area contributed by atoms with E-state index in [1.54, 1.807) is 0 Å². The van der Waals surface area contributed by atoms with Crippen molar-refractivity contribution in [1.29, 1.82) is 0 Å². The largest absolute Gasteiger partial charge is 0.352 e. The number of nitrogens with zero attached hydrogens (tertiary/aromatic N) is 3. The lowest BCUT2D eigenvalue weighted by Crippen LogP contribution is -2.35. The van der Waals surface area contributed by atoms with Crippen LogP contribution in [0.3, 0.4) is 0 Å². The molecule has 0 saturated heterocycles. The Balaban J connectivity index is 1.19. The SMILES string of the molecule is CC(C)(C)c1cc(C(=O)NCCC[n+]2ccc(-c3cc[n+](CCCCCC[n+]4ccccc4)cc3)cc2)cc(C(C)(C)C)c1. The average Bonchev–Trinajstić information content (AvgIpc) is 3.01. The summed E-state index contributed by atoms with van der Waals surface area (Å²) in [7, 11) is 0. The molecule has 4 rings (SSSR count). The molecule has 0 atom stereocenters. The summed E-state index contributed by atoms with van der Waals surface area (Å²) in [6.45, 7) is 16.8. The quantitative estimate of drug-likeness (QED) is 0.133. The van der Waals surface area contributed by atoms with Crippen molar-refractivity contribution in [1.82, 2.24) is 5.32 Å². The van der Waals surface area contributed by atoms with Gasteiger partial charge in [-0.3, -0.25) is 4.79 Å². The second-order valence-electron chi connectivity index (χ2n) is 14.1. The van der Waals surface area contributed by atoms with Crippen LogP contribution in [0.15, 0.2) is 97.8 Å². The number of unbranched alkanes of at least 4 members (excludes halogenated alkanes) is 3. The molecule has 0 unspecified atom stereocenters. The molecule has 0 aliphatic carbocycles. The Morgan fingerprint density at radius 3 is 1.45 bits per heavy atom. The number of aromatic nitrogens is 3. The average molecular weight is 594 g/mol. The van der Waals surface area contributed by atoms with Crippen LogP contribution in [0.25, 0.3) is 11.1 Å². The maximum atomic E-state index is 13.1. The van der Waals surface area contributed by atoms with E-state index in [1.807, 2.05) is 0 Å². The van der Waals surface area contributed by atoms with Gasteiger partial charge >= 0.3 is 0 Å². The van der Waals surface area contributed by atoms with Gasteiger partial charge in [0.15, 0.2) is 37.2 Å². The lowest BCUT2D eigenvalue weighted by molar-refractivity contribution is -0.698. The highest BCUT2D eigenvalue weighted by Gasteiger charge is 2.22. The Morgan fingerprint density at radius 2 is 1.00 bits per heavy atom. The van der Waals surface area contributed by atoms with Gasteiger partial charge in [-0.15, -0.1) is 0 Å². The van der Waals surface area contributed by atoms with Gasteiger partial charge in [0, 0.05) is 67.8 Å². The number of hydrogen-bond acceptors (Lipinski definition) is 1. The first kappa shape index (κ1) is 33.0. The highest BCUT2D eigenvalue weighted by Crippen LogP contribution is 2.30. The van der Waals surface area contributed by atoms with Crippen LogP contribution in [0.4, 0.5) is 0 Å². The third-order valence-electron chi connectivity index (χ3n) is 8.28. The first-order chi connectivity index (χ1) is 21.0. The number of rotatable bonds is 13. The number of nitrogens with one attached hydrogen (secondary N) is 1. The molecule has 0 aliphatic heterocycles. The van der Waals surface area contributed by atoms with Crippen molar-refractivity contribution < 1.29 is 18.5 Å². The second kappa shape index (κ2) is 15.2. The highest BCUT2D eigenvalue weighted by atomic mass is 16.1. The van der Waals surface area contributed by atoms with Gasteiger partial charge in [-0.05, 0) is 58.1 Å². The molecular formula is C39H53N4O+3. The highest BCUT2D eigenvalue weighted by molar-refractivity contribution is 5.94. The molecule has 232 valence electrons. The van der Waals surface area contributed by atoms with Crippen LogP contribution in [-0.4, -0.2) is 12.5 Å². The number of aryl methyl sites for hydroxylation is 3. The molecule has 0 radical (unpaired) electrons. The first-order valence-corrected chi connectivity index (χ1v) is 16.4. The molecule has 3 heterocycles. The normalized spacial score (nSPS) is 11.9. The maximum Gasteiger partial charge on any atom is 0.251 e. The molecule has 1 aromatic carbocycles. The van der Waals surface area contributed by atoms with Crippen LogP contribution in [-0.2, 0) is 30.5 Å². The van der Waals surface area contributed by atoms with E-state index in [0.717, 1.165) is 31.6 Å². The Kier molecular flexibility index (Phi) is 11.4. The lowest BCUT2D eigenvalue weighted by atomic mass is 9.79. The van der Waals surface area contributed by atoms with E-state index in [4.69, 9.17) is 0 Å². The predicted molar refractivity (Wildman–Crippen MR) is 178 cm³/mol. The number of benzene rings is 1. The molecule has 5 heteroatoms. The van der Waals surface area contributed by atoms with Crippen molar-refractivity contribution in [3.63, 3.8) is 0 Å². The fraction of sp³-hybridized carbons (Fsp3) is 0.436. The van der Waals surface area contributed by atoms with Crippen molar-refractivity contribution in [2.45, 2.75) is 104 Å². The molecule has 4 aromatic rings. The summed E-state index contributed by atoms with van der Waals surface area (Å²) in [5.74, 6) is 0.00502. The summed E-state index contributed by atoms with van der Waals surface area (Å²) in [6.07, 6.45) is 18.8. The number of hydrogen-bond donors (Lipinski definition) is 1. The van der Waals surface area contributed by atoms with Gasteiger partial charge in [0.2, 0.25) is 0 Å². The van der Waals surface area contributed by atoms with Crippen LogP contribution < -0.4 is 19.0 Å². The van der Waals surface area contributed by atoms with E-state index in [0.29, 0.717) is 6.54 Å². The maximum absolute atomic E-state index is 13.1. The van der Waals surface area contributed by atoms with Gasteiger partial charge in [-0.25, -0.2) is 13.7 Å². The van der Waals surface area contributed by atoms with Crippen molar-refractivity contribution in [2.24, 2.45) is 0 Å². The summed E-state index contributed by atoms with van der Waals surface area (Å²) < 4.78 is 6.73. The second-order valence-corrected chi connectivity index (χ2v) is 14.1. The number of carbonyl (C=O) groups excluding carboxylic acids is 1. The standard InChI is InChI=1S/C39H52N4O/c1-38(2,3)35-29-34(30-36(31-35)39(4,5)6)37(44)40-19-14-24-43-27-17-33(18-28-43)32-15-25-42(26-16-32)23-11-8-7-10-20-41-21-12-9-13-22-41/h9,12-13,15-18,21-22,25-31H,7-8,10-11,14,19-20,23-24H2,1-6H3/q+2/p+1. The molecule has 44 heavy (non-hydrogen) atoms. The van der Waals surface area contributed by atoms with Crippen molar-refractivity contribution >= 4 is 5.91 Å². The van der Waals surface area contributed by atoms with Gasteiger partial charge < -0.3 is 5.32 Å².